The fourth-order valence-electron chi connectivity index (χ4n) is 2.26. The number of rotatable bonds is 4. The SMILES string of the molecule is COc1cc(-c2cc(C)[nH]c(=O)c2C#N)c(Br)cc1OC(C)C. The minimum atomic E-state index is -0.407. The molecule has 1 heterocycles. The Morgan fingerprint density at radius 2 is 1.91 bits per heavy atom. The van der Waals surface area contributed by atoms with E-state index in [0.29, 0.717) is 28.3 Å². The Labute approximate surface area is 143 Å². The van der Waals surface area contributed by atoms with E-state index < -0.39 is 5.56 Å². The molecule has 2 rings (SSSR count). The largest absolute Gasteiger partial charge is 0.493 e. The van der Waals surface area contributed by atoms with E-state index in [9.17, 15) is 10.1 Å². The first-order chi connectivity index (χ1) is 10.9. The maximum atomic E-state index is 12.0. The second kappa shape index (κ2) is 6.88. The molecule has 5 nitrogen and oxygen atoms in total. The van der Waals surface area contributed by atoms with E-state index in [0.717, 1.165) is 4.47 Å². The average molecular weight is 377 g/mol. The highest BCUT2D eigenvalue weighted by atomic mass is 79.9. The number of pyridine rings is 1. The highest BCUT2D eigenvalue weighted by Crippen LogP contribution is 2.39. The van der Waals surface area contributed by atoms with Crippen molar-refractivity contribution in [1.82, 2.24) is 4.98 Å². The quantitative estimate of drug-likeness (QED) is 0.880. The molecule has 6 heteroatoms. The number of benzene rings is 1. The summed E-state index contributed by atoms with van der Waals surface area (Å²) in [5, 5.41) is 9.30. The molecule has 1 N–H and O–H groups in total. The Bertz CT molecular complexity index is 835. The number of halogens is 1. The van der Waals surface area contributed by atoms with Crippen molar-refractivity contribution < 1.29 is 9.47 Å². The van der Waals surface area contributed by atoms with Crippen LogP contribution in [0.4, 0.5) is 0 Å². The Balaban J connectivity index is 2.71. The van der Waals surface area contributed by atoms with Gasteiger partial charge in [-0.3, -0.25) is 4.79 Å². The van der Waals surface area contributed by atoms with Crippen molar-refractivity contribution in [1.29, 1.82) is 5.26 Å². The molecule has 1 aromatic heterocycles. The zero-order valence-corrected chi connectivity index (χ0v) is 14.9. The van der Waals surface area contributed by atoms with Crippen molar-refractivity contribution in [2.45, 2.75) is 26.9 Å². The summed E-state index contributed by atoms with van der Waals surface area (Å²) in [6.07, 6.45) is -0.00173. The van der Waals surface area contributed by atoms with E-state index in [-0.39, 0.29) is 11.7 Å². The molecule has 0 aliphatic heterocycles. The van der Waals surface area contributed by atoms with E-state index in [1.807, 2.05) is 19.9 Å². The van der Waals surface area contributed by atoms with Crippen LogP contribution in [0.2, 0.25) is 0 Å². The maximum Gasteiger partial charge on any atom is 0.266 e. The van der Waals surface area contributed by atoms with Crippen molar-refractivity contribution in [3.05, 3.63) is 44.3 Å². The Morgan fingerprint density at radius 3 is 2.48 bits per heavy atom. The molecule has 120 valence electrons. The lowest BCUT2D eigenvalue weighted by atomic mass is 10.0. The number of hydrogen-bond donors (Lipinski definition) is 1. The van der Waals surface area contributed by atoms with Crippen LogP contribution in [0.1, 0.15) is 25.1 Å². The lowest BCUT2D eigenvalue weighted by Crippen LogP contribution is -2.13. The molecule has 23 heavy (non-hydrogen) atoms. The van der Waals surface area contributed by atoms with Crippen molar-refractivity contribution in [3.8, 4) is 28.7 Å². The fraction of sp³-hybridized carbons (Fsp3) is 0.294. The molecule has 0 radical (unpaired) electrons. The molecular formula is C17H17BrN2O3. The zero-order valence-electron chi connectivity index (χ0n) is 13.4. The van der Waals surface area contributed by atoms with Gasteiger partial charge in [0, 0.05) is 21.3 Å². The summed E-state index contributed by atoms with van der Waals surface area (Å²) in [5.74, 6) is 1.14. The number of methoxy groups -OCH3 is 1. The van der Waals surface area contributed by atoms with Gasteiger partial charge in [-0.1, -0.05) is 15.9 Å². The molecule has 0 spiro atoms. The summed E-state index contributed by atoms with van der Waals surface area (Å²) in [5.41, 5.74) is 1.59. The minimum absolute atomic E-state index is 0.00173. The molecule has 0 fully saturated rings. The van der Waals surface area contributed by atoms with Gasteiger partial charge >= 0.3 is 0 Å². The number of H-pyrrole nitrogens is 1. The molecule has 0 amide bonds. The van der Waals surface area contributed by atoms with Crippen LogP contribution in [-0.2, 0) is 0 Å². The smallest absolute Gasteiger partial charge is 0.266 e. The summed E-state index contributed by atoms with van der Waals surface area (Å²) < 4.78 is 11.8. The predicted octanol–water partition coefficient (Wildman–Crippen LogP) is 3.78. The van der Waals surface area contributed by atoms with Gasteiger partial charge in [0.15, 0.2) is 11.5 Å². The number of aryl methyl sites for hydroxylation is 1. The van der Waals surface area contributed by atoms with Gasteiger partial charge in [0.25, 0.3) is 5.56 Å². The molecule has 0 aliphatic carbocycles. The topological polar surface area (TPSA) is 75.1 Å². The summed E-state index contributed by atoms with van der Waals surface area (Å²) >= 11 is 3.49. The molecule has 0 unspecified atom stereocenters. The highest BCUT2D eigenvalue weighted by molar-refractivity contribution is 9.10. The summed E-state index contributed by atoms with van der Waals surface area (Å²) in [6.45, 7) is 5.62. The molecule has 0 saturated carbocycles. The lowest BCUT2D eigenvalue weighted by Gasteiger charge is -2.16. The zero-order chi connectivity index (χ0) is 17.1. The van der Waals surface area contributed by atoms with Crippen LogP contribution in [0, 0.1) is 18.3 Å². The van der Waals surface area contributed by atoms with Gasteiger partial charge in [0.05, 0.1) is 13.2 Å². The minimum Gasteiger partial charge on any atom is -0.493 e. The number of nitriles is 1. The van der Waals surface area contributed by atoms with E-state index in [1.165, 1.54) is 0 Å². The number of nitrogens with one attached hydrogen (secondary N) is 1. The standard InChI is InChI=1S/C17H17BrN2O3/c1-9(2)23-16-7-14(18)12(6-15(16)22-4)11-5-10(3)20-17(21)13(11)8-19/h5-7,9H,1-4H3,(H,20,21). The Hall–Kier alpha value is -2.26. The number of aromatic nitrogens is 1. The first kappa shape index (κ1) is 17.1. The Kier molecular flexibility index (Phi) is 5.12. The third-order valence-corrected chi connectivity index (χ3v) is 3.84. The first-order valence-corrected chi connectivity index (χ1v) is 7.85. The first-order valence-electron chi connectivity index (χ1n) is 7.06. The normalized spacial score (nSPS) is 10.5. The predicted molar refractivity (Wildman–Crippen MR) is 92.0 cm³/mol. The number of nitrogens with zero attached hydrogens (tertiary/aromatic N) is 1. The van der Waals surface area contributed by atoms with Crippen LogP contribution < -0.4 is 15.0 Å². The number of ether oxygens (including phenoxy) is 2. The van der Waals surface area contributed by atoms with Crippen LogP contribution in [0.25, 0.3) is 11.1 Å². The molecule has 1 aromatic carbocycles. The van der Waals surface area contributed by atoms with E-state index in [4.69, 9.17) is 9.47 Å². The molecule has 0 bridgehead atoms. The van der Waals surface area contributed by atoms with E-state index >= 15 is 0 Å². The van der Waals surface area contributed by atoms with E-state index in [2.05, 4.69) is 20.9 Å². The van der Waals surface area contributed by atoms with E-state index in [1.54, 1.807) is 32.2 Å². The van der Waals surface area contributed by atoms with Gasteiger partial charge in [-0.15, -0.1) is 0 Å². The molecule has 0 saturated heterocycles. The maximum absolute atomic E-state index is 12.0. The summed E-state index contributed by atoms with van der Waals surface area (Å²) in [6, 6.07) is 7.28. The van der Waals surface area contributed by atoms with Crippen molar-refractivity contribution in [2.75, 3.05) is 7.11 Å². The molecule has 0 aliphatic rings. The summed E-state index contributed by atoms with van der Waals surface area (Å²) in [4.78, 5) is 14.6. The van der Waals surface area contributed by atoms with Gasteiger partial charge < -0.3 is 14.5 Å². The van der Waals surface area contributed by atoms with Crippen LogP contribution >= 0.6 is 15.9 Å². The van der Waals surface area contributed by atoms with Gasteiger partial charge in [0.1, 0.15) is 11.6 Å². The lowest BCUT2D eigenvalue weighted by molar-refractivity contribution is 0.230. The van der Waals surface area contributed by atoms with Crippen LogP contribution in [0.5, 0.6) is 11.5 Å². The van der Waals surface area contributed by atoms with Crippen LogP contribution in [-0.4, -0.2) is 18.2 Å². The van der Waals surface area contributed by atoms with Gasteiger partial charge in [-0.2, -0.15) is 5.26 Å². The highest BCUT2D eigenvalue weighted by Gasteiger charge is 2.17. The molecule has 2 aromatic rings. The number of hydrogen-bond acceptors (Lipinski definition) is 4. The van der Waals surface area contributed by atoms with Crippen molar-refractivity contribution in [2.24, 2.45) is 0 Å². The Morgan fingerprint density at radius 1 is 1.22 bits per heavy atom. The monoisotopic (exact) mass is 376 g/mol. The van der Waals surface area contributed by atoms with Crippen molar-refractivity contribution in [3.63, 3.8) is 0 Å². The van der Waals surface area contributed by atoms with Gasteiger partial charge in [0.2, 0.25) is 0 Å². The van der Waals surface area contributed by atoms with Gasteiger partial charge in [-0.25, -0.2) is 0 Å². The number of aromatic amines is 1. The molecular weight excluding hydrogens is 360 g/mol. The second-order valence-corrected chi connectivity index (χ2v) is 6.19. The van der Waals surface area contributed by atoms with Crippen LogP contribution in [0.3, 0.4) is 0 Å². The van der Waals surface area contributed by atoms with Crippen molar-refractivity contribution >= 4 is 15.9 Å². The average Bonchev–Trinajstić information content (AvgIpc) is 2.46. The summed E-state index contributed by atoms with van der Waals surface area (Å²) in [7, 11) is 1.55. The van der Waals surface area contributed by atoms with Gasteiger partial charge in [-0.05, 0) is 39.0 Å². The third-order valence-electron chi connectivity index (χ3n) is 3.19. The third kappa shape index (κ3) is 3.57. The second-order valence-electron chi connectivity index (χ2n) is 5.33. The van der Waals surface area contributed by atoms with Crippen LogP contribution in [0.15, 0.2) is 27.5 Å². The fourth-order valence-corrected chi connectivity index (χ4v) is 2.80. The molecule has 0 atom stereocenters.